The van der Waals surface area contributed by atoms with Crippen LogP contribution >= 0.6 is 11.6 Å². The van der Waals surface area contributed by atoms with Crippen LogP contribution in [0.15, 0.2) is 0 Å². The van der Waals surface area contributed by atoms with Crippen LogP contribution in [0.5, 0.6) is 0 Å². The fourth-order valence-electron chi connectivity index (χ4n) is 1.37. The third-order valence-electron chi connectivity index (χ3n) is 2.32. The van der Waals surface area contributed by atoms with Crippen molar-refractivity contribution in [3.05, 3.63) is 22.2 Å². The molecule has 0 unspecified atom stereocenters. The number of halogens is 2. The SMILES string of the molecule is Nc1c(F)c(C2CC2)nc(CO)c1Cl. The molecule has 0 aliphatic heterocycles. The van der Waals surface area contributed by atoms with Crippen LogP contribution in [0.3, 0.4) is 0 Å². The summed E-state index contributed by atoms with van der Waals surface area (Å²) in [5.74, 6) is -0.380. The van der Waals surface area contributed by atoms with E-state index in [0.717, 1.165) is 12.8 Å². The zero-order valence-corrected chi connectivity index (χ0v) is 8.18. The van der Waals surface area contributed by atoms with E-state index >= 15 is 0 Å². The summed E-state index contributed by atoms with van der Waals surface area (Å²) in [5, 5.41) is 8.96. The standard InChI is InChI=1S/C9H10ClFN2O/c10-6-5(3-14)13-9(4-1-2-4)7(11)8(6)12/h4,14H,1-3H2,(H2,12,13). The molecule has 14 heavy (non-hydrogen) atoms. The zero-order valence-electron chi connectivity index (χ0n) is 7.43. The van der Waals surface area contributed by atoms with Gasteiger partial charge in [-0.3, -0.25) is 4.98 Å². The highest BCUT2D eigenvalue weighted by Gasteiger charge is 2.30. The number of nitrogen functional groups attached to an aromatic ring is 1. The highest BCUT2D eigenvalue weighted by Crippen LogP contribution is 2.42. The van der Waals surface area contributed by atoms with E-state index in [2.05, 4.69) is 4.98 Å². The lowest BCUT2D eigenvalue weighted by Crippen LogP contribution is -2.05. The van der Waals surface area contributed by atoms with Crippen molar-refractivity contribution in [3.8, 4) is 0 Å². The van der Waals surface area contributed by atoms with Crippen LogP contribution < -0.4 is 5.73 Å². The maximum absolute atomic E-state index is 13.5. The van der Waals surface area contributed by atoms with E-state index in [1.807, 2.05) is 0 Å². The van der Waals surface area contributed by atoms with E-state index in [4.69, 9.17) is 22.4 Å². The van der Waals surface area contributed by atoms with Gasteiger partial charge in [-0.15, -0.1) is 0 Å². The number of nitrogens with two attached hydrogens (primary N) is 1. The summed E-state index contributed by atoms with van der Waals surface area (Å²) in [7, 11) is 0. The minimum atomic E-state index is -0.533. The molecule has 1 aromatic heterocycles. The molecular weight excluding hydrogens is 207 g/mol. The fourth-order valence-corrected chi connectivity index (χ4v) is 1.55. The number of hydrogen-bond acceptors (Lipinski definition) is 3. The van der Waals surface area contributed by atoms with Crippen molar-refractivity contribution >= 4 is 17.3 Å². The van der Waals surface area contributed by atoms with Crippen LogP contribution in [0.4, 0.5) is 10.1 Å². The predicted octanol–water partition coefficient (Wildman–Crippen LogP) is 1.83. The third-order valence-corrected chi connectivity index (χ3v) is 2.74. The van der Waals surface area contributed by atoms with Gasteiger partial charge >= 0.3 is 0 Å². The Morgan fingerprint density at radius 3 is 2.71 bits per heavy atom. The van der Waals surface area contributed by atoms with Crippen molar-refractivity contribution in [2.45, 2.75) is 25.4 Å². The van der Waals surface area contributed by atoms with E-state index < -0.39 is 5.82 Å². The van der Waals surface area contributed by atoms with Crippen LogP contribution in [0.2, 0.25) is 5.02 Å². The highest BCUT2D eigenvalue weighted by atomic mass is 35.5. The zero-order chi connectivity index (χ0) is 10.3. The van der Waals surface area contributed by atoms with E-state index in [1.165, 1.54) is 0 Å². The van der Waals surface area contributed by atoms with Crippen LogP contribution in [0.25, 0.3) is 0 Å². The molecule has 0 aromatic carbocycles. The molecule has 2 rings (SSSR count). The summed E-state index contributed by atoms with van der Waals surface area (Å²) in [6.45, 7) is -0.316. The molecule has 1 aliphatic carbocycles. The van der Waals surface area contributed by atoms with Crippen LogP contribution in [-0.2, 0) is 6.61 Å². The Balaban J connectivity index is 2.55. The summed E-state index contributed by atoms with van der Waals surface area (Å²) < 4.78 is 13.5. The lowest BCUT2D eigenvalue weighted by atomic mass is 10.2. The van der Waals surface area contributed by atoms with Gasteiger partial charge in [0.15, 0.2) is 5.82 Å². The average Bonchev–Trinajstić information content (AvgIpc) is 2.98. The topological polar surface area (TPSA) is 59.1 Å². The van der Waals surface area contributed by atoms with Crippen molar-refractivity contribution in [1.29, 1.82) is 0 Å². The number of rotatable bonds is 2. The van der Waals surface area contributed by atoms with E-state index in [-0.39, 0.29) is 28.9 Å². The Labute approximate surface area is 85.7 Å². The van der Waals surface area contributed by atoms with Crippen molar-refractivity contribution in [3.63, 3.8) is 0 Å². The molecule has 1 aromatic rings. The van der Waals surface area contributed by atoms with Crippen LogP contribution in [0.1, 0.15) is 30.1 Å². The number of anilines is 1. The lowest BCUT2D eigenvalue weighted by Gasteiger charge is -2.08. The minimum Gasteiger partial charge on any atom is -0.395 e. The number of aliphatic hydroxyl groups is 1. The molecule has 0 atom stereocenters. The van der Waals surface area contributed by atoms with Gasteiger partial charge in [-0.05, 0) is 12.8 Å². The Kier molecular flexibility index (Phi) is 2.33. The quantitative estimate of drug-likeness (QED) is 0.793. The van der Waals surface area contributed by atoms with Gasteiger partial charge in [0, 0.05) is 5.92 Å². The maximum Gasteiger partial charge on any atom is 0.169 e. The van der Waals surface area contributed by atoms with E-state index in [9.17, 15) is 4.39 Å². The second-order valence-electron chi connectivity index (χ2n) is 3.42. The molecule has 76 valence electrons. The smallest absolute Gasteiger partial charge is 0.169 e. The Morgan fingerprint density at radius 2 is 2.21 bits per heavy atom. The molecule has 1 aliphatic rings. The molecule has 1 saturated carbocycles. The molecule has 0 spiro atoms. The fraction of sp³-hybridized carbons (Fsp3) is 0.444. The average molecular weight is 217 g/mol. The second-order valence-corrected chi connectivity index (χ2v) is 3.80. The second kappa shape index (κ2) is 3.37. The first-order chi connectivity index (χ1) is 6.65. The van der Waals surface area contributed by atoms with Crippen LogP contribution in [-0.4, -0.2) is 10.1 Å². The van der Waals surface area contributed by atoms with E-state index in [0.29, 0.717) is 5.69 Å². The monoisotopic (exact) mass is 216 g/mol. The van der Waals surface area contributed by atoms with Gasteiger partial charge in [-0.1, -0.05) is 11.6 Å². The van der Waals surface area contributed by atoms with Crippen molar-refractivity contribution in [1.82, 2.24) is 4.98 Å². The van der Waals surface area contributed by atoms with Gasteiger partial charge in [0.2, 0.25) is 0 Å². The highest BCUT2D eigenvalue weighted by molar-refractivity contribution is 6.33. The van der Waals surface area contributed by atoms with Gasteiger partial charge < -0.3 is 10.8 Å². The number of hydrogen-bond donors (Lipinski definition) is 2. The molecule has 0 radical (unpaired) electrons. The van der Waals surface area contributed by atoms with Gasteiger partial charge in [-0.2, -0.15) is 0 Å². The summed E-state index contributed by atoms with van der Waals surface area (Å²) in [4.78, 5) is 3.98. The predicted molar refractivity (Wildman–Crippen MR) is 51.5 cm³/mol. The first-order valence-electron chi connectivity index (χ1n) is 4.39. The molecule has 0 saturated heterocycles. The Morgan fingerprint density at radius 1 is 1.57 bits per heavy atom. The van der Waals surface area contributed by atoms with Gasteiger partial charge in [0.05, 0.1) is 28.7 Å². The molecule has 1 heterocycles. The van der Waals surface area contributed by atoms with Gasteiger partial charge in [0.25, 0.3) is 0 Å². The molecule has 0 bridgehead atoms. The third kappa shape index (κ3) is 1.44. The summed E-state index contributed by atoms with van der Waals surface area (Å²) in [6.07, 6.45) is 1.85. The van der Waals surface area contributed by atoms with Gasteiger partial charge in [-0.25, -0.2) is 4.39 Å². The summed E-state index contributed by atoms with van der Waals surface area (Å²) in [5.41, 5.74) is 5.96. The summed E-state index contributed by atoms with van der Waals surface area (Å²) in [6, 6.07) is 0. The molecule has 3 nitrogen and oxygen atoms in total. The number of pyridine rings is 1. The van der Waals surface area contributed by atoms with Crippen molar-refractivity contribution in [2.24, 2.45) is 0 Å². The maximum atomic E-state index is 13.5. The van der Waals surface area contributed by atoms with Crippen molar-refractivity contribution in [2.75, 3.05) is 5.73 Å². The lowest BCUT2D eigenvalue weighted by molar-refractivity contribution is 0.276. The normalized spacial score (nSPS) is 15.9. The number of aliphatic hydroxyl groups excluding tert-OH is 1. The number of nitrogens with zero attached hydrogens (tertiary/aromatic N) is 1. The molecule has 5 heteroatoms. The largest absolute Gasteiger partial charge is 0.395 e. The number of aromatic nitrogens is 1. The molecule has 1 fully saturated rings. The Hall–Kier alpha value is -0.870. The minimum absolute atomic E-state index is 0.0226. The summed E-state index contributed by atoms with van der Waals surface area (Å²) >= 11 is 5.71. The molecule has 3 N–H and O–H groups in total. The van der Waals surface area contributed by atoms with Crippen LogP contribution in [0, 0.1) is 5.82 Å². The first kappa shape index (κ1) is 9.68. The molecular formula is C9H10ClFN2O. The first-order valence-corrected chi connectivity index (χ1v) is 4.77. The molecule has 0 amide bonds. The van der Waals surface area contributed by atoms with E-state index in [1.54, 1.807) is 0 Å². The van der Waals surface area contributed by atoms with Crippen molar-refractivity contribution < 1.29 is 9.50 Å². The Bertz CT molecular complexity index is 380. The van der Waals surface area contributed by atoms with Gasteiger partial charge in [0.1, 0.15) is 0 Å².